The first-order valence-corrected chi connectivity index (χ1v) is 7.44. The molecule has 0 amide bonds. The number of rotatable bonds is 2. The van der Waals surface area contributed by atoms with Gasteiger partial charge >= 0.3 is 0 Å². The number of hydrogen-bond acceptors (Lipinski definition) is 6. The Balaban J connectivity index is 2.07. The van der Waals surface area contributed by atoms with E-state index in [1.165, 1.54) is 4.88 Å². The van der Waals surface area contributed by atoms with E-state index in [2.05, 4.69) is 33.3 Å². The topological polar surface area (TPSA) is 82.5 Å². The van der Waals surface area contributed by atoms with Crippen molar-refractivity contribution in [1.29, 1.82) is 0 Å². The lowest BCUT2D eigenvalue weighted by atomic mass is 10.3. The van der Waals surface area contributed by atoms with Crippen molar-refractivity contribution in [3.8, 4) is 5.82 Å². The highest BCUT2D eigenvalue weighted by molar-refractivity contribution is 7.18. The van der Waals surface area contributed by atoms with Gasteiger partial charge in [0, 0.05) is 4.88 Å². The first kappa shape index (κ1) is 12.2. The maximum atomic E-state index is 5.85. The lowest BCUT2D eigenvalue weighted by Crippen LogP contribution is -2.04. The minimum atomic E-state index is 0.251. The van der Waals surface area contributed by atoms with Crippen LogP contribution in [-0.4, -0.2) is 25.0 Å². The van der Waals surface area contributed by atoms with Crippen LogP contribution in [0.1, 0.15) is 11.8 Å². The van der Waals surface area contributed by atoms with Crippen LogP contribution in [-0.2, 0) is 6.42 Å². The SMILES string of the molecule is CCc1cc2c(-n3nnc4ccccc43)nc(N)nc2s1. The second-order valence-corrected chi connectivity index (χ2v) is 5.80. The van der Waals surface area contributed by atoms with Gasteiger partial charge in [-0.25, -0.2) is 4.98 Å². The molecule has 3 aromatic heterocycles. The average Bonchev–Trinajstić information content (AvgIpc) is 3.09. The lowest BCUT2D eigenvalue weighted by Gasteiger charge is -2.03. The van der Waals surface area contributed by atoms with Gasteiger partial charge in [0.25, 0.3) is 0 Å². The quantitative estimate of drug-likeness (QED) is 0.614. The second kappa shape index (κ2) is 4.49. The maximum Gasteiger partial charge on any atom is 0.223 e. The minimum Gasteiger partial charge on any atom is -0.368 e. The minimum absolute atomic E-state index is 0.251. The summed E-state index contributed by atoms with van der Waals surface area (Å²) < 4.78 is 1.72. The number of anilines is 1. The molecule has 0 radical (unpaired) electrons. The monoisotopic (exact) mass is 296 g/mol. The fourth-order valence-corrected chi connectivity index (χ4v) is 3.30. The van der Waals surface area contributed by atoms with E-state index >= 15 is 0 Å². The number of aromatic nitrogens is 5. The van der Waals surface area contributed by atoms with E-state index in [1.54, 1.807) is 16.0 Å². The van der Waals surface area contributed by atoms with Crippen molar-refractivity contribution >= 4 is 38.5 Å². The zero-order valence-corrected chi connectivity index (χ0v) is 12.1. The average molecular weight is 296 g/mol. The number of para-hydroxylation sites is 1. The molecule has 3 heterocycles. The molecule has 0 spiro atoms. The van der Waals surface area contributed by atoms with Crippen LogP contribution in [0.3, 0.4) is 0 Å². The standard InChI is InChI=1S/C14H12N6S/c1-2-8-7-9-12(16-14(15)17-13(9)21-8)20-11-6-4-3-5-10(11)18-19-20/h3-7H,2H2,1H3,(H2,15,16,17). The Morgan fingerprint density at radius 2 is 2.10 bits per heavy atom. The molecule has 0 aliphatic rings. The molecule has 7 heteroatoms. The molecule has 4 aromatic rings. The molecule has 6 nitrogen and oxygen atoms in total. The first-order chi connectivity index (χ1) is 10.3. The molecule has 104 valence electrons. The summed E-state index contributed by atoms with van der Waals surface area (Å²) in [5.74, 6) is 0.934. The van der Waals surface area contributed by atoms with Gasteiger partial charge in [-0.3, -0.25) is 0 Å². The third-order valence-electron chi connectivity index (χ3n) is 3.34. The van der Waals surface area contributed by atoms with Gasteiger partial charge in [0.1, 0.15) is 10.3 Å². The van der Waals surface area contributed by atoms with Crippen molar-refractivity contribution in [3.63, 3.8) is 0 Å². The Labute approximate surface area is 124 Å². The first-order valence-electron chi connectivity index (χ1n) is 6.63. The van der Waals surface area contributed by atoms with E-state index in [1.807, 2.05) is 24.3 Å². The molecular weight excluding hydrogens is 284 g/mol. The highest BCUT2D eigenvalue weighted by Gasteiger charge is 2.15. The zero-order valence-electron chi connectivity index (χ0n) is 11.3. The van der Waals surface area contributed by atoms with Crippen molar-refractivity contribution in [1.82, 2.24) is 25.0 Å². The summed E-state index contributed by atoms with van der Waals surface area (Å²) in [4.78, 5) is 10.8. The van der Waals surface area contributed by atoms with Crippen LogP contribution in [0.2, 0.25) is 0 Å². The van der Waals surface area contributed by atoms with Gasteiger partial charge in [0.15, 0.2) is 5.82 Å². The summed E-state index contributed by atoms with van der Waals surface area (Å²) in [6.07, 6.45) is 0.957. The van der Waals surface area contributed by atoms with E-state index < -0.39 is 0 Å². The fraction of sp³-hybridized carbons (Fsp3) is 0.143. The summed E-state index contributed by atoms with van der Waals surface area (Å²) in [5.41, 5.74) is 7.58. The molecule has 0 fully saturated rings. The van der Waals surface area contributed by atoms with Crippen molar-refractivity contribution in [2.45, 2.75) is 13.3 Å². The van der Waals surface area contributed by atoms with Gasteiger partial charge in [-0.1, -0.05) is 24.3 Å². The molecule has 0 saturated carbocycles. The predicted molar refractivity (Wildman–Crippen MR) is 83.6 cm³/mol. The molecule has 1 aromatic carbocycles. The van der Waals surface area contributed by atoms with Gasteiger partial charge in [0.05, 0.1) is 10.9 Å². The van der Waals surface area contributed by atoms with Crippen molar-refractivity contribution in [3.05, 3.63) is 35.2 Å². The Morgan fingerprint density at radius 1 is 1.24 bits per heavy atom. The Kier molecular flexibility index (Phi) is 2.61. The van der Waals surface area contributed by atoms with Crippen LogP contribution in [0.15, 0.2) is 30.3 Å². The molecule has 0 unspecified atom stereocenters. The number of nitrogen functional groups attached to an aromatic ring is 1. The summed E-state index contributed by atoms with van der Waals surface area (Å²) in [6, 6.07) is 9.88. The zero-order chi connectivity index (χ0) is 14.4. The van der Waals surface area contributed by atoms with Crippen LogP contribution in [0.25, 0.3) is 27.1 Å². The molecule has 21 heavy (non-hydrogen) atoms. The number of thiophene rings is 1. The van der Waals surface area contributed by atoms with Gasteiger partial charge in [-0.2, -0.15) is 9.67 Å². The van der Waals surface area contributed by atoms with Crippen LogP contribution >= 0.6 is 11.3 Å². The Morgan fingerprint density at radius 3 is 2.95 bits per heavy atom. The summed E-state index contributed by atoms with van der Waals surface area (Å²) in [6.45, 7) is 2.12. The Bertz CT molecular complexity index is 955. The number of nitrogens with zero attached hydrogens (tertiary/aromatic N) is 5. The van der Waals surface area contributed by atoms with Crippen LogP contribution in [0.5, 0.6) is 0 Å². The van der Waals surface area contributed by atoms with E-state index in [9.17, 15) is 0 Å². The van der Waals surface area contributed by atoms with E-state index in [-0.39, 0.29) is 5.95 Å². The van der Waals surface area contributed by atoms with Crippen LogP contribution in [0.4, 0.5) is 5.95 Å². The number of benzene rings is 1. The number of nitrogens with two attached hydrogens (primary N) is 1. The highest BCUT2D eigenvalue weighted by Crippen LogP contribution is 2.29. The molecule has 2 N–H and O–H groups in total. The van der Waals surface area contributed by atoms with Crippen LogP contribution < -0.4 is 5.73 Å². The molecule has 0 bridgehead atoms. The summed E-state index contributed by atoms with van der Waals surface area (Å²) in [7, 11) is 0. The van der Waals surface area contributed by atoms with Gasteiger partial charge in [-0.15, -0.1) is 16.4 Å². The number of fused-ring (bicyclic) bond motifs is 2. The largest absolute Gasteiger partial charge is 0.368 e. The normalized spacial score (nSPS) is 11.5. The third-order valence-corrected chi connectivity index (χ3v) is 4.52. The molecule has 0 aliphatic carbocycles. The smallest absolute Gasteiger partial charge is 0.223 e. The van der Waals surface area contributed by atoms with Gasteiger partial charge in [0.2, 0.25) is 5.95 Å². The van der Waals surface area contributed by atoms with E-state index in [0.29, 0.717) is 5.82 Å². The fourth-order valence-electron chi connectivity index (χ4n) is 2.33. The molecule has 4 rings (SSSR count). The second-order valence-electron chi connectivity index (χ2n) is 4.68. The van der Waals surface area contributed by atoms with Crippen molar-refractivity contribution in [2.24, 2.45) is 0 Å². The highest BCUT2D eigenvalue weighted by atomic mass is 32.1. The third kappa shape index (κ3) is 1.85. The van der Waals surface area contributed by atoms with Crippen LogP contribution in [0, 0.1) is 0 Å². The number of hydrogen-bond donors (Lipinski definition) is 1. The molecule has 0 aliphatic heterocycles. The Hall–Kier alpha value is -2.54. The molecule has 0 saturated heterocycles. The van der Waals surface area contributed by atoms with Gasteiger partial charge in [-0.05, 0) is 24.6 Å². The van der Waals surface area contributed by atoms with E-state index in [0.717, 1.165) is 27.7 Å². The van der Waals surface area contributed by atoms with Gasteiger partial charge < -0.3 is 5.73 Å². The number of aryl methyl sites for hydroxylation is 1. The van der Waals surface area contributed by atoms with E-state index in [4.69, 9.17) is 5.73 Å². The van der Waals surface area contributed by atoms with Crippen molar-refractivity contribution in [2.75, 3.05) is 5.73 Å². The maximum absolute atomic E-state index is 5.85. The summed E-state index contributed by atoms with van der Waals surface area (Å²) in [5, 5.41) is 9.35. The molecular formula is C14H12N6S. The lowest BCUT2D eigenvalue weighted by molar-refractivity contribution is 0.807. The van der Waals surface area contributed by atoms with Crippen molar-refractivity contribution < 1.29 is 0 Å². The summed E-state index contributed by atoms with van der Waals surface area (Å²) >= 11 is 1.64. The molecule has 0 atom stereocenters. The predicted octanol–water partition coefficient (Wildman–Crippen LogP) is 2.57.